The van der Waals surface area contributed by atoms with Gasteiger partial charge in [0.05, 0.1) is 13.2 Å². The summed E-state index contributed by atoms with van der Waals surface area (Å²) >= 11 is 0. The van der Waals surface area contributed by atoms with Crippen molar-refractivity contribution in [1.82, 2.24) is 4.90 Å². The first kappa shape index (κ1) is 23.0. The number of hydrogen-bond acceptors (Lipinski definition) is 2. The van der Waals surface area contributed by atoms with Crippen molar-refractivity contribution in [2.45, 2.75) is 37.7 Å². The minimum absolute atomic E-state index is 0. The SMILES string of the molecule is Cl.c1ccc(CC2CCN(CCC3(c4ccccc4)COCc4ccccc43)CC2)cc1. The summed E-state index contributed by atoms with van der Waals surface area (Å²) in [5, 5.41) is 0. The molecule has 2 nitrogen and oxygen atoms in total. The number of nitrogens with zero attached hydrogens (tertiary/aromatic N) is 1. The van der Waals surface area contributed by atoms with Crippen molar-refractivity contribution >= 4 is 12.4 Å². The van der Waals surface area contributed by atoms with Crippen LogP contribution in [0.5, 0.6) is 0 Å². The van der Waals surface area contributed by atoms with Gasteiger partial charge in [0.15, 0.2) is 0 Å². The normalized spacial score (nSPS) is 21.5. The Labute approximate surface area is 199 Å². The molecule has 0 spiro atoms. The zero-order valence-corrected chi connectivity index (χ0v) is 19.6. The number of fused-ring (bicyclic) bond motifs is 1. The van der Waals surface area contributed by atoms with Crippen molar-refractivity contribution in [1.29, 1.82) is 0 Å². The zero-order chi connectivity index (χ0) is 20.9. The Morgan fingerprint density at radius 1 is 0.812 bits per heavy atom. The lowest BCUT2D eigenvalue weighted by Crippen LogP contribution is -2.43. The van der Waals surface area contributed by atoms with Crippen molar-refractivity contribution in [3.05, 3.63) is 107 Å². The summed E-state index contributed by atoms with van der Waals surface area (Å²) in [6, 6.07) is 30.9. The van der Waals surface area contributed by atoms with E-state index in [1.54, 1.807) is 0 Å². The number of halogens is 1. The van der Waals surface area contributed by atoms with Crippen LogP contribution in [0.1, 0.15) is 41.5 Å². The third-order valence-corrected chi connectivity index (χ3v) is 7.39. The smallest absolute Gasteiger partial charge is 0.0720 e. The van der Waals surface area contributed by atoms with Gasteiger partial charge in [0.1, 0.15) is 0 Å². The molecule has 1 fully saturated rings. The average Bonchev–Trinajstić information content (AvgIpc) is 2.85. The third kappa shape index (κ3) is 4.93. The molecule has 0 saturated carbocycles. The molecule has 3 aromatic rings. The molecular weight excluding hydrogens is 414 g/mol. The molecule has 168 valence electrons. The van der Waals surface area contributed by atoms with Crippen LogP contribution in [-0.4, -0.2) is 31.1 Å². The van der Waals surface area contributed by atoms with Crippen LogP contribution in [0.2, 0.25) is 0 Å². The van der Waals surface area contributed by atoms with Gasteiger partial charge in [-0.05, 0) is 73.5 Å². The number of hydrogen-bond donors (Lipinski definition) is 0. The molecule has 3 aromatic carbocycles. The zero-order valence-electron chi connectivity index (χ0n) is 18.8. The lowest BCUT2D eigenvalue weighted by atomic mass is 9.70. The first-order valence-corrected chi connectivity index (χ1v) is 11.8. The molecule has 0 aromatic heterocycles. The first-order valence-electron chi connectivity index (χ1n) is 11.8. The molecule has 2 heterocycles. The van der Waals surface area contributed by atoms with Crippen LogP contribution >= 0.6 is 12.4 Å². The fourth-order valence-corrected chi connectivity index (χ4v) is 5.58. The fourth-order valence-electron chi connectivity index (χ4n) is 5.58. The molecule has 2 aliphatic rings. The van der Waals surface area contributed by atoms with Crippen molar-refractivity contribution in [3.63, 3.8) is 0 Å². The molecule has 0 bridgehead atoms. The van der Waals surface area contributed by atoms with Gasteiger partial charge < -0.3 is 9.64 Å². The van der Waals surface area contributed by atoms with Gasteiger partial charge in [0.25, 0.3) is 0 Å². The van der Waals surface area contributed by atoms with Crippen LogP contribution in [0, 0.1) is 5.92 Å². The Morgan fingerprint density at radius 2 is 1.47 bits per heavy atom. The van der Waals surface area contributed by atoms with Gasteiger partial charge in [-0.25, -0.2) is 0 Å². The number of likely N-dealkylation sites (tertiary alicyclic amines) is 1. The number of piperidine rings is 1. The van der Waals surface area contributed by atoms with Crippen LogP contribution in [-0.2, 0) is 23.2 Å². The minimum atomic E-state index is -0.0447. The highest BCUT2D eigenvalue weighted by Gasteiger charge is 2.39. The van der Waals surface area contributed by atoms with E-state index in [-0.39, 0.29) is 17.8 Å². The van der Waals surface area contributed by atoms with E-state index in [9.17, 15) is 0 Å². The predicted octanol–water partition coefficient (Wildman–Crippen LogP) is 6.27. The molecule has 1 saturated heterocycles. The Balaban J connectivity index is 0.00000245. The van der Waals surface area contributed by atoms with Crippen LogP contribution in [0.3, 0.4) is 0 Å². The number of rotatable bonds is 6. The van der Waals surface area contributed by atoms with E-state index in [2.05, 4.69) is 89.8 Å². The summed E-state index contributed by atoms with van der Waals surface area (Å²) in [7, 11) is 0. The van der Waals surface area contributed by atoms with E-state index in [0.29, 0.717) is 0 Å². The number of benzene rings is 3. The van der Waals surface area contributed by atoms with E-state index in [1.807, 2.05) is 0 Å². The Kier molecular flexibility index (Phi) is 7.67. The van der Waals surface area contributed by atoms with Gasteiger partial charge in [-0.3, -0.25) is 0 Å². The molecule has 3 heteroatoms. The summed E-state index contributed by atoms with van der Waals surface area (Å²) < 4.78 is 6.17. The fraction of sp³-hybridized carbons (Fsp3) is 0.379. The Bertz CT molecular complexity index is 969. The highest BCUT2D eigenvalue weighted by molar-refractivity contribution is 5.85. The van der Waals surface area contributed by atoms with Crippen LogP contribution in [0.25, 0.3) is 0 Å². The monoisotopic (exact) mass is 447 g/mol. The molecule has 2 aliphatic heterocycles. The minimum Gasteiger partial charge on any atom is -0.375 e. The standard InChI is InChI=1S/C29H33NO.ClH/c1-3-9-24(10-4-1)21-25-15-18-30(19-16-25)20-17-29(27-12-5-2-6-13-27)23-31-22-26-11-7-8-14-28(26)29;/h1-14,25H,15-23H2;1H. The third-order valence-electron chi connectivity index (χ3n) is 7.39. The summed E-state index contributed by atoms with van der Waals surface area (Å²) in [6.45, 7) is 5.06. The molecule has 0 aliphatic carbocycles. The maximum atomic E-state index is 6.17. The molecule has 1 atom stereocenters. The van der Waals surface area contributed by atoms with E-state index in [4.69, 9.17) is 4.74 Å². The largest absolute Gasteiger partial charge is 0.375 e. The van der Waals surface area contributed by atoms with Crippen LogP contribution in [0.4, 0.5) is 0 Å². The van der Waals surface area contributed by atoms with Gasteiger partial charge in [-0.2, -0.15) is 0 Å². The second-order valence-corrected chi connectivity index (χ2v) is 9.32. The maximum Gasteiger partial charge on any atom is 0.0720 e. The summed E-state index contributed by atoms with van der Waals surface area (Å²) in [6.07, 6.45) is 4.95. The van der Waals surface area contributed by atoms with Crippen molar-refractivity contribution in [3.8, 4) is 0 Å². The second-order valence-electron chi connectivity index (χ2n) is 9.32. The second kappa shape index (κ2) is 10.7. The van der Waals surface area contributed by atoms with E-state index < -0.39 is 0 Å². The highest BCUT2D eigenvalue weighted by Crippen LogP contribution is 2.41. The van der Waals surface area contributed by atoms with E-state index in [0.717, 1.165) is 32.1 Å². The average molecular weight is 448 g/mol. The van der Waals surface area contributed by atoms with Gasteiger partial charge in [0.2, 0.25) is 0 Å². The molecule has 5 rings (SSSR count). The lowest BCUT2D eigenvalue weighted by molar-refractivity contribution is 0.0553. The van der Waals surface area contributed by atoms with Gasteiger partial charge in [0, 0.05) is 5.41 Å². The van der Waals surface area contributed by atoms with E-state index >= 15 is 0 Å². The quantitative estimate of drug-likeness (QED) is 0.441. The van der Waals surface area contributed by atoms with Gasteiger partial charge in [-0.1, -0.05) is 84.9 Å². The molecule has 1 unspecified atom stereocenters. The summed E-state index contributed by atoms with van der Waals surface area (Å²) in [5.74, 6) is 0.820. The Hall–Kier alpha value is -2.13. The van der Waals surface area contributed by atoms with Crippen LogP contribution in [0.15, 0.2) is 84.9 Å². The molecule has 0 radical (unpaired) electrons. The summed E-state index contributed by atoms with van der Waals surface area (Å²) in [4.78, 5) is 2.68. The molecule has 32 heavy (non-hydrogen) atoms. The topological polar surface area (TPSA) is 12.5 Å². The molecular formula is C29H34ClNO. The highest BCUT2D eigenvalue weighted by atomic mass is 35.5. The maximum absolute atomic E-state index is 6.17. The summed E-state index contributed by atoms with van der Waals surface area (Å²) in [5.41, 5.74) is 5.64. The van der Waals surface area contributed by atoms with Crippen molar-refractivity contribution < 1.29 is 4.74 Å². The van der Waals surface area contributed by atoms with Crippen LogP contribution < -0.4 is 0 Å². The molecule has 0 N–H and O–H groups in total. The van der Waals surface area contributed by atoms with Gasteiger partial charge in [-0.15, -0.1) is 12.4 Å². The van der Waals surface area contributed by atoms with E-state index in [1.165, 1.54) is 54.6 Å². The van der Waals surface area contributed by atoms with Crippen molar-refractivity contribution in [2.24, 2.45) is 5.92 Å². The number of ether oxygens (including phenoxy) is 1. The molecule has 0 amide bonds. The van der Waals surface area contributed by atoms with Crippen molar-refractivity contribution in [2.75, 3.05) is 26.2 Å². The lowest BCUT2D eigenvalue weighted by Gasteiger charge is -2.42. The predicted molar refractivity (Wildman–Crippen MR) is 134 cm³/mol. The van der Waals surface area contributed by atoms with Gasteiger partial charge >= 0.3 is 0 Å². The Morgan fingerprint density at radius 3 is 2.22 bits per heavy atom. The first-order chi connectivity index (χ1) is 15.3.